The smallest absolute Gasteiger partial charge is 0.122 e. The molecule has 1 aromatic rings. The Balaban J connectivity index is 1.72. The molecule has 1 N–H and O–H groups in total. The zero-order chi connectivity index (χ0) is 11.7. The number of hydrogen-bond acceptors (Lipinski definition) is 2. The SMILES string of the molecule is CC1CCCCC1Nc1ccc2c(c1)CCO2. The largest absolute Gasteiger partial charge is 0.493 e. The van der Waals surface area contributed by atoms with Crippen molar-refractivity contribution in [2.45, 2.75) is 45.1 Å². The van der Waals surface area contributed by atoms with Crippen molar-refractivity contribution in [1.29, 1.82) is 0 Å². The van der Waals surface area contributed by atoms with Crippen molar-refractivity contribution < 1.29 is 4.74 Å². The molecule has 2 aliphatic rings. The summed E-state index contributed by atoms with van der Waals surface area (Å²) in [6, 6.07) is 7.19. The minimum atomic E-state index is 0.657. The summed E-state index contributed by atoms with van der Waals surface area (Å²) in [5.74, 6) is 1.88. The van der Waals surface area contributed by atoms with Gasteiger partial charge in [0.1, 0.15) is 5.75 Å². The van der Waals surface area contributed by atoms with E-state index in [0.717, 1.165) is 24.7 Å². The normalized spacial score (nSPS) is 27.4. The predicted octanol–water partition coefficient (Wildman–Crippen LogP) is 3.61. The molecule has 1 fully saturated rings. The van der Waals surface area contributed by atoms with Crippen molar-refractivity contribution in [3.8, 4) is 5.75 Å². The molecule has 1 aliphatic carbocycles. The van der Waals surface area contributed by atoms with Crippen molar-refractivity contribution in [1.82, 2.24) is 0 Å². The van der Waals surface area contributed by atoms with Crippen molar-refractivity contribution in [3.05, 3.63) is 23.8 Å². The van der Waals surface area contributed by atoms with Crippen LogP contribution in [0.5, 0.6) is 5.75 Å². The maximum Gasteiger partial charge on any atom is 0.122 e. The summed E-state index contributed by atoms with van der Waals surface area (Å²) in [7, 11) is 0. The molecule has 0 saturated heterocycles. The van der Waals surface area contributed by atoms with E-state index >= 15 is 0 Å². The molecular weight excluding hydrogens is 210 g/mol. The van der Waals surface area contributed by atoms with E-state index in [-0.39, 0.29) is 0 Å². The summed E-state index contributed by atoms with van der Waals surface area (Å²) in [5.41, 5.74) is 2.63. The lowest BCUT2D eigenvalue weighted by atomic mass is 9.86. The molecule has 2 unspecified atom stereocenters. The van der Waals surface area contributed by atoms with Gasteiger partial charge in [-0.1, -0.05) is 19.8 Å². The van der Waals surface area contributed by atoms with E-state index < -0.39 is 0 Å². The van der Waals surface area contributed by atoms with Crippen LogP contribution in [0.3, 0.4) is 0 Å². The van der Waals surface area contributed by atoms with Crippen molar-refractivity contribution >= 4 is 5.69 Å². The van der Waals surface area contributed by atoms with Crippen LogP contribution in [0.4, 0.5) is 5.69 Å². The van der Waals surface area contributed by atoms with Crippen LogP contribution < -0.4 is 10.1 Å². The predicted molar refractivity (Wildman–Crippen MR) is 70.7 cm³/mol. The van der Waals surface area contributed by atoms with Gasteiger partial charge in [0.05, 0.1) is 6.61 Å². The third-order valence-electron chi connectivity index (χ3n) is 4.15. The summed E-state index contributed by atoms with van der Waals surface area (Å²) in [6.45, 7) is 3.21. The highest BCUT2D eigenvalue weighted by Crippen LogP contribution is 2.31. The highest BCUT2D eigenvalue weighted by Gasteiger charge is 2.21. The second kappa shape index (κ2) is 4.59. The number of benzene rings is 1. The van der Waals surface area contributed by atoms with E-state index in [2.05, 4.69) is 30.4 Å². The van der Waals surface area contributed by atoms with Gasteiger partial charge in [-0.3, -0.25) is 0 Å². The summed E-state index contributed by atoms with van der Waals surface area (Å²) in [6.07, 6.45) is 6.51. The first-order valence-corrected chi connectivity index (χ1v) is 6.85. The van der Waals surface area contributed by atoms with Crippen LogP contribution in [0.25, 0.3) is 0 Å². The van der Waals surface area contributed by atoms with Gasteiger partial charge in [-0.25, -0.2) is 0 Å². The van der Waals surface area contributed by atoms with Gasteiger partial charge < -0.3 is 10.1 Å². The fraction of sp³-hybridized carbons (Fsp3) is 0.600. The minimum Gasteiger partial charge on any atom is -0.493 e. The number of ether oxygens (including phenoxy) is 1. The van der Waals surface area contributed by atoms with Crippen LogP contribution >= 0.6 is 0 Å². The van der Waals surface area contributed by atoms with Gasteiger partial charge >= 0.3 is 0 Å². The minimum absolute atomic E-state index is 0.657. The van der Waals surface area contributed by atoms with Gasteiger partial charge in [0, 0.05) is 18.2 Å². The first kappa shape index (κ1) is 10.9. The zero-order valence-electron chi connectivity index (χ0n) is 10.5. The Labute approximate surface area is 103 Å². The molecule has 0 bridgehead atoms. The van der Waals surface area contributed by atoms with E-state index in [1.54, 1.807) is 0 Å². The molecule has 2 nitrogen and oxygen atoms in total. The van der Waals surface area contributed by atoms with Gasteiger partial charge in [-0.05, 0) is 42.5 Å². The van der Waals surface area contributed by atoms with Crippen LogP contribution in [0.2, 0.25) is 0 Å². The van der Waals surface area contributed by atoms with E-state index in [9.17, 15) is 0 Å². The number of fused-ring (bicyclic) bond motifs is 1. The summed E-state index contributed by atoms with van der Waals surface area (Å²) < 4.78 is 5.54. The van der Waals surface area contributed by atoms with Gasteiger partial charge in [-0.15, -0.1) is 0 Å². The average Bonchev–Trinajstić information content (AvgIpc) is 2.79. The van der Waals surface area contributed by atoms with E-state index in [1.165, 1.54) is 36.9 Å². The Kier molecular flexibility index (Phi) is 2.96. The van der Waals surface area contributed by atoms with E-state index in [1.807, 2.05) is 0 Å². The number of nitrogens with one attached hydrogen (secondary N) is 1. The Morgan fingerprint density at radius 2 is 2.12 bits per heavy atom. The molecule has 17 heavy (non-hydrogen) atoms. The third-order valence-corrected chi connectivity index (χ3v) is 4.15. The Morgan fingerprint density at radius 1 is 1.24 bits per heavy atom. The molecule has 0 spiro atoms. The van der Waals surface area contributed by atoms with Gasteiger partial charge in [0.2, 0.25) is 0 Å². The highest BCUT2D eigenvalue weighted by atomic mass is 16.5. The zero-order valence-corrected chi connectivity index (χ0v) is 10.5. The molecule has 0 aromatic heterocycles. The molecule has 1 heterocycles. The summed E-state index contributed by atoms with van der Waals surface area (Å²) in [5, 5.41) is 3.70. The highest BCUT2D eigenvalue weighted by molar-refractivity contribution is 5.53. The number of hydrogen-bond donors (Lipinski definition) is 1. The molecule has 1 aromatic carbocycles. The number of anilines is 1. The molecule has 3 rings (SSSR count). The van der Waals surface area contributed by atoms with Gasteiger partial charge in [0.15, 0.2) is 0 Å². The van der Waals surface area contributed by atoms with Crippen LogP contribution in [0, 0.1) is 5.92 Å². The quantitative estimate of drug-likeness (QED) is 0.839. The molecular formula is C15H21NO. The molecule has 0 amide bonds. The standard InChI is InChI=1S/C15H21NO/c1-11-4-2-3-5-14(11)16-13-6-7-15-12(10-13)8-9-17-15/h6-7,10-11,14,16H,2-5,8-9H2,1H3. The lowest BCUT2D eigenvalue weighted by Crippen LogP contribution is -2.30. The van der Waals surface area contributed by atoms with Crippen LogP contribution in [-0.2, 0) is 6.42 Å². The second-order valence-corrected chi connectivity index (χ2v) is 5.43. The van der Waals surface area contributed by atoms with Crippen molar-refractivity contribution in [3.63, 3.8) is 0 Å². The maximum atomic E-state index is 5.54. The maximum absolute atomic E-state index is 5.54. The molecule has 1 saturated carbocycles. The van der Waals surface area contributed by atoms with Crippen LogP contribution in [0.15, 0.2) is 18.2 Å². The van der Waals surface area contributed by atoms with Crippen molar-refractivity contribution in [2.75, 3.05) is 11.9 Å². The van der Waals surface area contributed by atoms with E-state index in [4.69, 9.17) is 4.74 Å². The fourth-order valence-electron chi connectivity index (χ4n) is 3.02. The molecule has 92 valence electrons. The average molecular weight is 231 g/mol. The first-order chi connectivity index (χ1) is 8.33. The van der Waals surface area contributed by atoms with Crippen LogP contribution in [0.1, 0.15) is 38.2 Å². The molecule has 1 aliphatic heterocycles. The van der Waals surface area contributed by atoms with Gasteiger partial charge in [0.25, 0.3) is 0 Å². The lowest BCUT2D eigenvalue weighted by Gasteiger charge is -2.30. The third kappa shape index (κ3) is 2.26. The Morgan fingerprint density at radius 3 is 3.00 bits per heavy atom. The van der Waals surface area contributed by atoms with Gasteiger partial charge in [-0.2, -0.15) is 0 Å². The molecule has 2 atom stereocenters. The van der Waals surface area contributed by atoms with E-state index in [0.29, 0.717) is 6.04 Å². The molecule has 0 radical (unpaired) electrons. The monoisotopic (exact) mass is 231 g/mol. The summed E-state index contributed by atoms with van der Waals surface area (Å²) in [4.78, 5) is 0. The first-order valence-electron chi connectivity index (χ1n) is 6.85. The Hall–Kier alpha value is -1.18. The van der Waals surface area contributed by atoms with Crippen molar-refractivity contribution in [2.24, 2.45) is 5.92 Å². The van der Waals surface area contributed by atoms with Crippen LogP contribution in [-0.4, -0.2) is 12.6 Å². The fourth-order valence-corrected chi connectivity index (χ4v) is 3.02. The Bertz CT molecular complexity index is 402. The topological polar surface area (TPSA) is 21.3 Å². The second-order valence-electron chi connectivity index (χ2n) is 5.43. The lowest BCUT2D eigenvalue weighted by molar-refractivity contribution is 0.349. The summed E-state index contributed by atoms with van der Waals surface area (Å²) >= 11 is 0. The number of rotatable bonds is 2. The molecule has 2 heteroatoms.